The third-order valence-corrected chi connectivity index (χ3v) is 2.24. The van der Waals surface area contributed by atoms with E-state index in [9.17, 15) is 0 Å². The van der Waals surface area contributed by atoms with E-state index in [4.69, 9.17) is 33.8 Å². The van der Waals surface area contributed by atoms with Crippen LogP contribution in [0.1, 0.15) is 19.0 Å². The van der Waals surface area contributed by atoms with Gasteiger partial charge < -0.3 is 10.6 Å². The molecule has 0 spiro atoms. The van der Waals surface area contributed by atoms with Crippen LogP contribution in [0.15, 0.2) is 17.4 Å². The number of halogens is 2. The molecule has 88 valence electrons. The van der Waals surface area contributed by atoms with Gasteiger partial charge in [0.25, 0.3) is 0 Å². The number of nitrogens with zero attached hydrogens (tertiary/aromatic N) is 2. The molecule has 2 N–H and O–H groups in total. The zero-order valence-corrected chi connectivity index (χ0v) is 10.4. The van der Waals surface area contributed by atoms with E-state index < -0.39 is 0 Å². The number of pyridine rings is 1. The van der Waals surface area contributed by atoms with E-state index in [0.29, 0.717) is 28.1 Å². The Bertz CT molecular complexity index is 382. The molecule has 1 heterocycles. The summed E-state index contributed by atoms with van der Waals surface area (Å²) in [4.78, 5) is 9.12. The van der Waals surface area contributed by atoms with Crippen molar-refractivity contribution in [3.05, 3.63) is 28.0 Å². The highest BCUT2D eigenvalue weighted by atomic mass is 35.5. The minimum absolute atomic E-state index is 0.206. The molecule has 4 nitrogen and oxygen atoms in total. The third-order valence-electron chi connectivity index (χ3n) is 1.74. The molecule has 0 bridgehead atoms. The van der Waals surface area contributed by atoms with Gasteiger partial charge in [-0.1, -0.05) is 35.3 Å². The largest absolute Gasteiger partial charge is 0.396 e. The number of oxime groups is 1. The number of hydrogen-bond donors (Lipinski definition) is 1. The van der Waals surface area contributed by atoms with E-state index >= 15 is 0 Å². The zero-order valence-electron chi connectivity index (χ0n) is 8.91. The third kappa shape index (κ3) is 3.63. The smallest absolute Gasteiger partial charge is 0.120 e. The van der Waals surface area contributed by atoms with Crippen LogP contribution in [-0.2, 0) is 4.84 Å². The highest BCUT2D eigenvalue weighted by molar-refractivity contribution is 6.36. The molecule has 0 saturated carbocycles. The standard InChI is InChI=1S/C10H13Cl2N3O/c1-2-3-16-15-9(5-13)10-8(12)4-7(11)6-14-10/h4,6H,2-3,5,13H2,1H3/b15-9+. The summed E-state index contributed by atoms with van der Waals surface area (Å²) < 4.78 is 0. The van der Waals surface area contributed by atoms with Gasteiger partial charge >= 0.3 is 0 Å². The second-order valence-electron chi connectivity index (χ2n) is 3.06. The van der Waals surface area contributed by atoms with Crippen molar-refractivity contribution in [3.8, 4) is 0 Å². The minimum atomic E-state index is 0.206. The molecule has 16 heavy (non-hydrogen) atoms. The Hall–Kier alpha value is -0.840. The summed E-state index contributed by atoms with van der Waals surface area (Å²) in [5.41, 5.74) is 6.57. The second-order valence-corrected chi connectivity index (χ2v) is 3.90. The molecular weight excluding hydrogens is 249 g/mol. The Kier molecular flexibility index (Phi) is 5.52. The fourth-order valence-corrected chi connectivity index (χ4v) is 1.51. The van der Waals surface area contributed by atoms with Gasteiger partial charge in [0.2, 0.25) is 0 Å². The molecule has 0 unspecified atom stereocenters. The van der Waals surface area contributed by atoms with Crippen LogP contribution in [0.4, 0.5) is 0 Å². The van der Waals surface area contributed by atoms with Gasteiger partial charge in [-0.3, -0.25) is 4.98 Å². The molecule has 0 fully saturated rings. The highest BCUT2D eigenvalue weighted by Crippen LogP contribution is 2.18. The second kappa shape index (κ2) is 6.68. The Labute approximate surface area is 104 Å². The molecule has 0 radical (unpaired) electrons. The predicted molar refractivity (Wildman–Crippen MR) is 66.1 cm³/mol. The molecule has 0 aromatic carbocycles. The van der Waals surface area contributed by atoms with Gasteiger partial charge in [0, 0.05) is 12.7 Å². The van der Waals surface area contributed by atoms with Crippen LogP contribution in [0.25, 0.3) is 0 Å². The van der Waals surface area contributed by atoms with Crippen LogP contribution in [0, 0.1) is 0 Å². The van der Waals surface area contributed by atoms with Crippen molar-refractivity contribution < 1.29 is 4.84 Å². The molecule has 6 heteroatoms. The number of rotatable bonds is 5. The normalized spacial score (nSPS) is 11.6. The predicted octanol–water partition coefficient (Wildman–Crippen LogP) is 2.48. The van der Waals surface area contributed by atoms with Gasteiger partial charge in [0.1, 0.15) is 18.0 Å². The van der Waals surface area contributed by atoms with E-state index in [2.05, 4.69) is 10.1 Å². The van der Waals surface area contributed by atoms with E-state index in [1.807, 2.05) is 6.92 Å². The van der Waals surface area contributed by atoms with Gasteiger partial charge in [-0.05, 0) is 12.5 Å². The maximum atomic E-state index is 5.98. The van der Waals surface area contributed by atoms with E-state index in [1.165, 1.54) is 6.20 Å². The van der Waals surface area contributed by atoms with Crippen LogP contribution in [0.3, 0.4) is 0 Å². The minimum Gasteiger partial charge on any atom is -0.396 e. The summed E-state index contributed by atoms with van der Waals surface area (Å²) >= 11 is 11.7. The molecule has 0 aliphatic carbocycles. The molecule has 1 rings (SSSR count). The van der Waals surface area contributed by atoms with Crippen LogP contribution in [0.5, 0.6) is 0 Å². The Morgan fingerprint density at radius 1 is 1.56 bits per heavy atom. The first-order valence-corrected chi connectivity index (χ1v) is 5.65. The van der Waals surface area contributed by atoms with E-state index in [-0.39, 0.29) is 6.54 Å². The maximum absolute atomic E-state index is 5.98. The van der Waals surface area contributed by atoms with E-state index in [1.54, 1.807) is 6.07 Å². The SMILES string of the molecule is CCCO/N=C(\CN)c1ncc(Cl)cc1Cl. The van der Waals surface area contributed by atoms with Gasteiger partial charge in [-0.2, -0.15) is 0 Å². The summed E-state index contributed by atoms with van der Waals surface area (Å²) in [6, 6.07) is 1.59. The molecule has 1 aromatic heterocycles. The highest BCUT2D eigenvalue weighted by Gasteiger charge is 2.09. The average molecular weight is 262 g/mol. The lowest BCUT2D eigenvalue weighted by Crippen LogP contribution is -2.17. The number of nitrogens with two attached hydrogens (primary N) is 1. The number of aromatic nitrogens is 1. The van der Waals surface area contributed by atoms with Crippen molar-refractivity contribution in [2.75, 3.05) is 13.2 Å². The van der Waals surface area contributed by atoms with Gasteiger partial charge in [-0.15, -0.1) is 0 Å². The molecular formula is C10H13Cl2N3O. The van der Waals surface area contributed by atoms with Crippen LogP contribution >= 0.6 is 23.2 Å². The lowest BCUT2D eigenvalue weighted by Gasteiger charge is -2.05. The summed E-state index contributed by atoms with van der Waals surface area (Å²) in [5.74, 6) is 0. The first kappa shape index (κ1) is 13.2. The van der Waals surface area contributed by atoms with Crippen molar-refractivity contribution in [2.45, 2.75) is 13.3 Å². The summed E-state index contributed by atoms with van der Waals surface area (Å²) in [6.07, 6.45) is 2.37. The zero-order chi connectivity index (χ0) is 12.0. The maximum Gasteiger partial charge on any atom is 0.120 e. The van der Waals surface area contributed by atoms with Gasteiger partial charge in [-0.25, -0.2) is 0 Å². The first-order chi connectivity index (χ1) is 7.69. The van der Waals surface area contributed by atoms with Crippen LogP contribution in [0.2, 0.25) is 10.0 Å². The van der Waals surface area contributed by atoms with Crippen molar-refractivity contribution in [1.82, 2.24) is 4.98 Å². The molecule has 0 aliphatic heterocycles. The van der Waals surface area contributed by atoms with Gasteiger partial charge in [0.05, 0.1) is 10.0 Å². The fraction of sp³-hybridized carbons (Fsp3) is 0.400. The van der Waals surface area contributed by atoms with E-state index in [0.717, 1.165) is 6.42 Å². The Morgan fingerprint density at radius 2 is 2.31 bits per heavy atom. The lowest BCUT2D eigenvalue weighted by molar-refractivity contribution is 0.145. The van der Waals surface area contributed by atoms with Crippen molar-refractivity contribution in [2.24, 2.45) is 10.9 Å². The van der Waals surface area contributed by atoms with Crippen LogP contribution in [-0.4, -0.2) is 23.8 Å². The summed E-state index contributed by atoms with van der Waals surface area (Å²) in [7, 11) is 0. The van der Waals surface area contributed by atoms with Crippen molar-refractivity contribution >= 4 is 28.9 Å². The molecule has 0 amide bonds. The molecule has 0 saturated heterocycles. The summed E-state index contributed by atoms with van der Waals surface area (Å²) in [6.45, 7) is 2.73. The Balaban J connectivity index is 2.90. The Morgan fingerprint density at radius 3 is 2.88 bits per heavy atom. The molecule has 0 atom stereocenters. The lowest BCUT2D eigenvalue weighted by atomic mass is 10.2. The monoisotopic (exact) mass is 261 g/mol. The van der Waals surface area contributed by atoms with Crippen molar-refractivity contribution in [3.63, 3.8) is 0 Å². The first-order valence-electron chi connectivity index (χ1n) is 4.89. The number of hydrogen-bond acceptors (Lipinski definition) is 4. The van der Waals surface area contributed by atoms with Crippen molar-refractivity contribution in [1.29, 1.82) is 0 Å². The topological polar surface area (TPSA) is 60.5 Å². The molecule has 0 aliphatic rings. The van der Waals surface area contributed by atoms with Crippen LogP contribution < -0.4 is 5.73 Å². The fourth-order valence-electron chi connectivity index (χ4n) is 1.02. The quantitative estimate of drug-likeness (QED) is 0.503. The van der Waals surface area contributed by atoms with Gasteiger partial charge in [0.15, 0.2) is 0 Å². The average Bonchev–Trinajstić information content (AvgIpc) is 2.26. The summed E-state index contributed by atoms with van der Waals surface area (Å²) in [5, 5.41) is 4.78. The molecule has 1 aromatic rings.